The van der Waals surface area contributed by atoms with E-state index in [-0.39, 0.29) is 17.7 Å². The maximum atomic E-state index is 12.9. The number of aromatic hydroxyl groups is 1. The molecule has 2 N–H and O–H groups in total. The highest BCUT2D eigenvalue weighted by Gasteiger charge is 2.41. The molecule has 1 aromatic heterocycles. The summed E-state index contributed by atoms with van der Waals surface area (Å²) in [5.74, 6) is 0.0988. The molecule has 2 heterocycles. The van der Waals surface area contributed by atoms with Crippen LogP contribution in [0.15, 0.2) is 53.0 Å². The van der Waals surface area contributed by atoms with Gasteiger partial charge in [0.05, 0.1) is 6.04 Å². The topological polar surface area (TPSA) is 69.2 Å². The van der Waals surface area contributed by atoms with Crippen LogP contribution in [0, 0.1) is 0 Å². The van der Waals surface area contributed by atoms with Crippen molar-refractivity contribution in [2.75, 3.05) is 6.54 Å². The number of aromatic nitrogens is 2. The monoisotopic (exact) mass is 411 g/mol. The molecule has 0 fully saturated rings. The second-order valence-electron chi connectivity index (χ2n) is 6.33. The molecule has 1 atom stereocenters. The van der Waals surface area contributed by atoms with Crippen molar-refractivity contribution in [1.82, 2.24) is 15.1 Å². The number of para-hydroxylation sites is 1. The van der Waals surface area contributed by atoms with Gasteiger partial charge in [0, 0.05) is 22.1 Å². The van der Waals surface area contributed by atoms with Gasteiger partial charge < -0.3 is 10.0 Å². The predicted octanol–water partition coefficient (Wildman–Crippen LogP) is 4.50. The molecule has 0 bridgehead atoms. The lowest BCUT2D eigenvalue weighted by Crippen LogP contribution is -2.30. The fraction of sp³-hybridized carbons (Fsp3) is 0.200. The van der Waals surface area contributed by atoms with E-state index < -0.39 is 0 Å². The first kappa shape index (κ1) is 16.8. The Balaban J connectivity index is 1.91. The first-order valence-corrected chi connectivity index (χ1v) is 9.34. The number of nitrogens with one attached hydrogen (secondary N) is 1. The largest absolute Gasteiger partial charge is 0.507 e. The van der Waals surface area contributed by atoms with Gasteiger partial charge in [-0.05, 0) is 36.2 Å². The summed E-state index contributed by atoms with van der Waals surface area (Å²) < 4.78 is 0.987. The van der Waals surface area contributed by atoms with Crippen molar-refractivity contribution in [3.05, 3.63) is 69.8 Å². The highest BCUT2D eigenvalue weighted by molar-refractivity contribution is 9.10. The first-order valence-electron chi connectivity index (χ1n) is 8.55. The van der Waals surface area contributed by atoms with Gasteiger partial charge in [0.15, 0.2) is 0 Å². The second-order valence-corrected chi connectivity index (χ2v) is 7.25. The zero-order valence-corrected chi connectivity index (χ0v) is 15.8. The predicted molar refractivity (Wildman–Crippen MR) is 103 cm³/mol. The summed E-state index contributed by atoms with van der Waals surface area (Å²) >= 11 is 3.46. The minimum absolute atomic E-state index is 0.0519. The summed E-state index contributed by atoms with van der Waals surface area (Å²) in [6, 6.07) is 14.8. The smallest absolute Gasteiger partial charge is 0.273 e. The van der Waals surface area contributed by atoms with E-state index in [1.807, 2.05) is 41.3 Å². The lowest BCUT2D eigenvalue weighted by molar-refractivity contribution is 0.0744. The van der Waals surface area contributed by atoms with Gasteiger partial charge in [0.2, 0.25) is 0 Å². The van der Waals surface area contributed by atoms with Crippen LogP contribution in [0.3, 0.4) is 0 Å². The normalized spacial score (nSPS) is 16.2. The summed E-state index contributed by atoms with van der Waals surface area (Å²) in [6.07, 6.45) is 0.863. The molecule has 1 aliphatic rings. The van der Waals surface area contributed by atoms with E-state index in [0.29, 0.717) is 23.5 Å². The average molecular weight is 412 g/mol. The van der Waals surface area contributed by atoms with Crippen LogP contribution in [0.2, 0.25) is 0 Å². The van der Waals surface area contributed by atoms with Crippen LogP contribution in [0.25, 0.3) is 11.3 Å². The van der Waals surface area contributed by atoms with Gasteiger partial charge in [-0.2, -0.15) is 5.10 Å². The molecule has 0 spiro atoms. The minimum atomic E-state index is -0.223. The average Bonchev–Trinajstić information content (AvgIpc) is 3.17. The molecule has 1 amide bonds. The highest BCUT2D eigenvalue weighted by Crippen LogP contribution is 2.44. The van der Waals surface area contributed by atoms with Gasteiger partial charge in [0.1, 0.15) is 17.1 Å². The molecular weight excluding hydrogens is 394 g/mol. The number of H-pyrrole nitrogens is 1. The molecule has 3 aromatic rings. The number of hydrogen-bond acceptors (Lipinski definition) is 3. The van der Waals surface area contributed by atoms with Crippen LogP contribution in [-0.4, -0.2) is 32.7 Å². The van der Waals surface area contributed by atoms with E-state index in [1.54, 1.807) is 12.1 Å². The van der Waals surface area contributed by atoms with E-state index in [4.69, 9.17) is 0 Å². The number of carbonyl (C=O) groups is 1. The van der Waals surface area contributed by atoms with Crippen molar-refractivity contribution < 1.29 is 9.90 Å². The molecule has 4 rings (SSSR count). The summed E-state index contributed by atoms with van der Waals surface area (Å²) in [6.45, 7) is 2.71. The highest BCUT2D eigenvalue weighted by atomic mass is 79.9. The Morgan fingerprint density at radius 2 is 1.92 bits per heavy atom. The maximum Gasteiger partial charge on any atom is 0.273 e. The molecule has 0 unspecified atom stereocenters. The van der Waals surface area contributed by atoms with E-state index in [2.05, 4.69) is 33.1 Å². The van der Waals surface area contributed by atoms with Gasteiger partial charge in [-0.15, -0.1) is 0 Å². The van der Waals surface area contributed by atoms with Crippen LogP contribution in [0.4, 0.5) is 0 Å². The van der Waals surface area contributed by atoms with Crippen LogP contribution < -0.4 is 0 Å². The number of amides is 1. The molecule has 6 heteroatoms. The van der Waals surface area contributed by atoms with Crippen molar-refractivity contribution in [1.29, 1.82) is 0 Å². The standard InChI is InChI=1S/C20H18BrN3O2/c1-2-11-24-19(12-7-9-13(21)10-8-12)16-17(22-23-18(16)20(24)26)14-5-3-4-6-15(14)25/h3-10,19,25H,2,11H2,1H3,(H,22,23)/t19-/m0/s1. The Kier molecular flexibility index (Phi) is 4.28. The van der Waals surface area contributed by atoms with E-state index in [0.717, 1.165) is 22.0 Å². The van der Waals surface area contributed by atoms with Crippen molar-refractivity contribution in [2.45, 2.75) is 19.4 Å². The third-order valence-corrected chi connectivity index (χ3v) is 5.20. The third kappa shape index (κ3) is 2.61. The third-order valence-electron chi connectivity index (χ3n) is 4.67. The summed E-state index contributed by atoms with van der Waals surface area (Å²) in [5, 5.41) is 17.5. The fourth-order valence-corrected chi connectivity index (χ4v) is 3.80. The van der Waals surface area contributed by atoms with E-state index in [9.17, 15) is 9.90 Å². The number of phenols is 1. The zero-order chi connectivity index (χ0) is 18.3. The second kappa shape index (κ2) is 6.61. The molecular formula is C20H18BrN3O2. The first-order chi connectivity index (χ1) is 12.6. The van der Waals surface area contributed by atoms with Crippen molar-refractivity contribution in [3.63, 3.8) is 0 Å². The number of phenolic OH excluding ortho intramolecular Hbond substituents is 1. The van der Waals surface area contributed by atoms with E-state index in [1.165, 1.54) is 0 Å². The van der Waals surface area contributed by atoms with Gasteiger partial charge >= 0.3 is 0 Å². The molecule has 1 aliphatic heterocycles. The molecule has 0 saturated carbocycles. The molecule has 5 nitrogen and oxygen atoms in total. The molecule has 2 aromatic carbocycles. The van der Waals surface area contributed by atoms with Gasteiger partial charge in [-0.3, -0.25) is 9.89 Å². The van der Waals surface area contributed by atoms with Crippen LogP contribution in [0.1, 0.15) is 41.0 Å². The Hall–Kier alpha value is -2.60. The van der Waals surface area contributed by atoms with E-state index >= 15 is 0 Å². The maximum absolute atomic E-state index is 12.9. The SMILES string of the molecule is CCCN1C(=O)c2[nH]nc(-c3ccccc3O)c2[C@@H]1c1ccc(Br)cc1. The number of fused-ring (bicyclic) bond motifs is 1. The number of hydrogen-bond donors (Lipinski definition) is 2. The fourth-order valence-electron chi connectivity index (χ4n) is 3.54. The molecule has 26 heavy (non-hydrogen) atoms. The number of aromatic amines is 1. The molecule has 132 valence electrons. The van der Waals surface area contributed by atoms with Crippen LogP contribution in [0.5, 0.6) is 5.75 Å². The van der Waals surface area contributed by atoms with Crippen molar-refractivity contribution in [2.24, 2.45) is 0 Å². The summed E-state index contributed by atoms with van der Waals surface area (Å²) in [5.41, 5.74) is 3.60. The zero-order valence-electron chi connectivity index (χ0n) is 14.2. The number of benzene rings is 2. The Morgan fingerprint density at radius 1 is 1.19 bits per heavy atom. The number of carbonyl (C=O) groups excluding carboxylic acids is 1. The molecule has 0 aliphatic carbocycles. The number of rotatable bonds is 4. The Labute approximate surface area is 159 Å². The molecule has 0 saturated heterocycles. The Bertz CT molecular complexity index is 965. The number of halogens is 1. The summed E-state index contributed by atoms with van der Waals surface area (Å²) in [7, 11) is 0. The number of nitrogens with zero attached hydrogens (tertiary/aromatic N) is 2. The minimum Gasteiger partial charge on any atom is -0.507 e. The van der Waals surface area contributed by atoms with Crippen molar-refractivity contribution >= 4 is 21.8 Å². The lowest BCUT2D eigenvalue weighted by atomic mass is 9.96. The molecule has 0 radical (unpaired) electrons. The lowest BCUT2D eigenvalue weighted by Gasteiger charge is -2.26. The van der Waals surface area contributed by atoms with Gasteiger partial charge in [0.25, 0.3) is 5.91 Å². The van der Waals surface area contributed by atoms with Gasteiger partial charge in [-0.1, -0.05) is 47.1 Å². The quantitative estimate of drug-likeness (QED) is 0.663. The summed E-state index contributed by atoms with van der Waals surface area (Å²) in [4.78, 5) is 14.8. The van der Waals surface area contributed by atoms with Crippen molar-refractivity contribution in [3.8, 4) is 17.0 Å². The Morgan fingerprint density at radius 3 is 2.62 bits per heavy atom. The van der Waals surface area contributed by atoms with Gasteiger partial charge in [-0.25, -0.2) is 0 Å². The van der Waals surface area contributed by atoms with Crippen LogP contribution in [-0.2, 0) is 0 Å². The van der Waals surface area contributed by atoms with Crippen LogP contribution >= 0.6 is 15.9 Å².